The maximum Gasteiger partial charge on any atom is 0.472 e. The number of fused-ring (bicyclic) bond motifs is 1. The molecule has 0 radical (unpaired) electrons. The number of benzene rings is 1. The van der Waals surface area contributed by atoms with Crippen molar-refractivity contribution in [3.8, 4) is 11.8 Å². The number of unbranched alkanes of at least 4 members (excludes halogenated alkanes) is 15. The molecule has 3 aromatic rings. The molecule has 0 spiro atoms. The summed E-state index contributed by atoms with van der Waals surface area (Å²) in [6.07, 6.45) is 16.5. The van der Waals surface area contributed by atoms with Gasteiger partial charge < -0.3 is 30.3 Å². The number of phosphoric acid groups is 1. The van der Waals surface area contributed by atoms with Crippen LogP contribution in [-0.2, 0) is 18.3 Å². The normalized spacial score (nSPS) is 21.6. The van der Waals surface area contributed by atoms with Gasteiger partial charge in [0.05, 0.1) is 30.5 Å². The summed E-state index contributed by atoms with van der Waals surface area (Å²) in [5.74, 6) is -0.325. The average Bonchev–Trinajstić information content (AvgIpc) is 3.68. The van der Waals surface area contributed by atoms with E-state index in [9.17, 15) is 29.3 Å². The van der Waals surface area contributed by atoms with E-state index in [-0.39, 0.29) is 23.7 Å². The van der Waals surface area contributed by atoms with Crippen molar-refractivity contribution < 1.29 is 42.6 Å². The molecule has 3 heterocycles. The number of nitrogen functional groups attached to an aromatic ring is 1. The number of hydrogen-bond acceptors (Lipinski definition) is 11. The number of halogens is 1. The predicted molar refractivity (Wildman–Crippen MR) is 203 cm³/mol. The molecule has 54 heavy (non-hydrogen) atoms. The van der Waals surface area contributed by atoms with Crippen LogP contribution in [0.3, 0.4) is 0 Å². The highest BCUT2D eigenvalue weighted by molar-refractivity contribution is 7.47. The van der Waals surface area contributed by atoms with E-state index in [0.717, 1.165) is 37.8 Å². The molecule has 5 N–H and O–H groups in total. The summed E-state index contributed by atoms with van der Waals surface area (Å²) in [4.78, 5) is 14.6. The number of hydrogen-bond donors (Lipinski definition) is 4. The van der Waals surface area contributed by atoms with Gasteiger partial charge >= 0.3 is 7.82 Å². The van der Waals surface area contributed by atoms with Crippen molar-refractivity contribution in [1.29, 1.82) is 5.26 Å². The quantitative estimate of drug-likeness (QED) is 0.0453. The number of phosphoric ester groups is 1. The third kappa shape index (κ3) is 13.3. The molecule has 0 aliphatic carbocycles. The number of aromatic nitrogens is 3. The molecule has 1 aromatic carbocycles. The Morgan fingerprint density at radius 1 is 0.981 bits per heavy atom. The van der Waals surface area contributed by atoms with Crippen molar-refractivity contribution >= 4 is 19.2 Å². The predicted octanol–water partition coefficient (Wildman–Crippen LogP) is 8.11. The molecule has 0 amide bonds. The lowest BCUT2D eigenvalue weighted by Gasteiger charge is -2.28. The molecule has 1 saturated heterocycles. The van der Waals surface area contributed by atoms with Gasteiger partial charge in [-0.15, -0.1) is 0 Å². The van der Waals surface area contributed by atoms with Crippen LogP contribution in [0.5, 0.6) is 5.75 Å². The van der Waals surface area contributed by atoms with Crippen molar-refractivity contribution in [3.05, 3.63) is 53.7 Å². The molecule has 6 atom stereocenters. The number of nitriles is 1. The van der Waals surface area contributed by atoms with Crippen LogP contribution in [-0.4, -0.2) is 66.8 Å². The summed E-state index contributed by atoms with van der Waals surface area (Å²) < 4.78 is 51.3. The van der Waals surface area contributed by atoms with E-state index in [1.807, 2.05) is 6.07 Å². The van der Waals surface area contributed by atoms with E-state index in [4.69, 9.17) is 24.3 Å². The lowest BCUT2D eigenvalue weighted by atomic mass is 9.97. The Kier molecular flexibility index (Phi) is 17.6. The lowest BCUT2D eigenvalue weighted by molar-refractivity contribution is -0.0999. The van der Waals surface area contributed by atoms with Crippen LogP contribution >= 0.6 is 7.82 Å². The highest BCUT2D eigenvalue weighted by atomic mass is 31.2. The van der Waals surface area contributed by atoms with Crippen LogP contribution < -0.4 is 10.5 Å². The summed E-state index contributed by atoms with van der Waals surface area (Å²) in [5.41, 5.74) is 5.27. The number of anilines is 1. The van der Waals surface area contributed by atoms with Crippen molar-refractivity contribution in [2.45, 2.75) is 153 Å². The van der Waals surface area contributed by atoms with Gasteiger partial charge in [0.15, 0.2) is 5.82 Å². The van der Waals surface area contributed by atoms with Crippen LogP contribution in [0.1, 0.15) is 140 Å². The van der Waals surface area contributed by atoms with E-state index in [1.54, 1.807) is 12.1 Å². The highest BCUT2D eigenvalue weighted by Gasteiger charge is 2.53. The summed E-state index contributed by atoms with van der Waals surface area (Å²) in [5, 5.41) is 35.2. The molecule has 1 fully saturated rings. The summed E-state index contributed by atoms with van der Waals surface area (Å²) in [6, 6.07) is 8.81. The van der Waals surface area contributed by atoms with Gasteiger partial charge in [0.2, 0.25) is 0 Å². The van der Waals surface area contributed by atoms with E-state index in [0.29, 0.717) is 17.6 Å². The molecule has 0 bridgehead atoms. The third-order valence-corrected chi connectivity index (χ3v) is 11.0. The topological polar surface area (TPSA) is 195 Å². The molecule has 0 saturated carbocycles. The van der Waals surface area contributed by atoms with Crippen molar-refractivity contribution in [2.24, 2.45) is 0 Å². The molecule has 13 nitrogen and oxygen atoms in total. The molecular formula is C39H59FN5O8P. The highest BCUT2D eigenvalue weighted by Crippen LogP contribution is 2.48. The van der Waals surface area contributed by atoms with Crippen LogP contribution in [0.2, 0.25) is 0 Å². The zero-order valence-corrected chi connectivity index (χ0v) is 32.7. The summed E-state index contributed by atoms with van der Waals surface area (Å²) in [6.45, 7) is 2.72. The number of nitrogens with zero attached hydrogens (tertiary/aromatic N) is 4. The van der Waals surface area contributed by atoms with Gasteiger partial charge in [-0.2, -0.15) is 10.4 Å². The summed E-state index contributed by atoms with van der Waals surface area (Å²) in [7, 11) is -4.74. The average molecular weight is 776 g/mol. The smallest absolute Gasteiger partial charge is 0.472 e. The second-order valence-corrected chi connectivity index (χ2v) is 16.1. The van der Waals surface area contributed by atoms with Crippen LogP contribution in [0.4, 0.5) is 10.2 Å². The fraction of sp³-hybridized carbons (Fsp3) is 0.667. The largest absolute Gasteiger partial charge is 0.488 e. The Morgan fingerprint density at radius 2 is 1.59 bits per heavy atom. The van der Waals surface area contributed by atoms with Crippen LogP contribution in [0, 0.1) is 17.1 Å². The molecule has 1 aliphatic heterocycles. The first kappa shape index (κ1) is 43.6. The van der Waals surface area contributed by atoms with Gasteiger partial charge in [0.1, 0.15) is 53.4 Å². The first-order valence-electron chi connectivity index (χ1n) is 19.6. The second-order valence-electron chi connectivity index (χ2n) is 14.6. The van der Waals surface area contributed by atoms with E-state index < -0.39 is 50.3 Å². The lowest BCUT2D eigenvalue weighted by Crippen LogP contribution is -2.44. The monoisotopic (exact) mass is 775 g/mol. The molecular weight excluding hydrogens is 716 g/mol. The van der Waals surface area contributed by atoms with E-state index in [2.05, 4.69) is 17.0 Å². The van der Waals surface area contributed by atoms with Gasteiger partial charge in [0.25, 0.3) is 0 Å². The minimum absolute atomic E-state index is 0.0798. The Balaban J connectivity index is 1.22. The molecule has 15 heteroatoms. The van der Waals surface area contributed by atoms with Gasteiger partial charge in [-0.3, -0.25) is 9.05 Å². The van der Waals surface area contributed by atoms with Crippen molar-refractivity contribution in [2.75, 3.05) is 18.9 Å². The second kappa shape index (κ2) is 21.8. The zero-order valence-electron chi connectivity index (χ0n) is 31.8. The van der Waals surface area contributed by atoms with Crippen molar-refractivity contribution in [1.82, 2.24) is 14.6 Å². The standard InChI is InChI=1S/C39H59FN5O8P/c1-3-4-5-6-7-8-9-10-11-12-13-14-15-16-17-18-19-31(52-32-23-29(25-41)22-30(40)24-32)26-50-54(48,49)51-27-39(2)37(47)35(46)36(53-39)33-20-21-34-38(42)43-28-44-45(33)34/h20-24,28,31,35-37,46-47H,3-19,26-27H2,1-2H3,(H,48,49)(H2,42,43,44)/t31-,35-,36-,37-,39+/m0/s1. The Labute approximate surface area is 318 Å². The first-order chi connectivity index (χ1) is 26.0. The van der Waals surface area contributed by atoms with Crippen LogP contribution in [0.15, 0.2) is 36.7 Å². The Morgan fingerprint density at radius 3 is 2.20 bits per heavy atom. The Bertz CT molecular complexity index is 1670. The Hall–Kier alpha value is -3.15. The molecule has 1 unspecified atom stereocenters. The number of aliphatic hydroxyl groups is 2. The van der Waals surface area contributed by atoms with Gasteiger partial charge in [-0.05, 0) is 44.0 Å². The van der Waals surface area contributed by atoms with Crippen LogP contribution in [0.25, 0.3) is 5.52 Å². The number of rotatable bonds is 26. The fourth-order valence-electron chi connectivity index (χ4n) is 6.91. The zero-order chi connectivity index (χ0) is 39.0. The SMILES string of the molecule is CCCCCCCCCCCCCCCCCC[C@@H](COP(=O)(O)OC[C@@]1(C)O[C@@H](c2ccc3c(N)ncnn23)[C@H](O)[C@@H]1O)Oc1cc(F)cc(C#N)c1. The molecule has 1 aliphatic rings. The minimum atomic E-state index is -4.74. The molecule has 2 aromatic heterocycles. The number of aliphatic hydroxyl groups excluding tert-OH is 2. The first-order valence-corrected chi connectivity index (χ1v) is 21.1. The fourth-order valence-corrected chi connectivity index (χ4v) is 7.76. The van der Waals surface area contributed by atoms with E-state index in [1.165, 1.54) is 101 Å². The number of nitrogens with two attached hydrogens (primary N) is 1. The minimum Gasteiger partial charge on any atom is -0.488 e. The van der Waals surface area contributed by atoms with Gasteiger partial charge in [-0.25, -0.2) is 18.5 Å². The summed E-state index contributed by atoms with van der Waals surface area (Å²) >= 11 is 0. The maximum absolute atomic E-state index is 14.2. The van der Waals surface area contributed by atoms with Gasteiger partial charge in [-0.1, -0.05) is 103 Å². The molecule has 4 rings (SSSR count). The third-order valence-electron chi connectivity index (χ3n) is 10.1. The number of ether oxygens (including phenoxy) is 2. The maximum atomic E-state index is 14.2. The van der Waals surface area contributed by atoms with Gasteiger partial charge in [0, 0.05) is 6.07 Å². The molecule has 300 valence electrons. The van der Waals surface area contributed by atoms with Crippen molar-refractivity contribution in [3.63, 3.8) is 0 Å². The van der Waals surface area contributed by atoms with E-state index >= 15 is 0 Å².